The molecule has 160 valence electrons. The summed E-state index contributed by atoms with van der Waals surface area (Å²) in [5, 5.41) is 14.4. The average Bonchev–Trinajstić information content (AvgIpc) is 3.20. The summed E-state index contributed by atoms with van der Waals surface area (Å²) in [6, 6.07) is 1.96. The maximum absolute atomic E-state index is 13.4. The molecule has 29 heavy (non-hydrogen) atoms. The fraction of sp³-hybridized carbons (Fsp3) is 0.667. The molecule has 1 saturated heterocycles. The van der Waals surface area contributed by atoms with Crippen molar-refractivity contribution < 1.29 is 9.90 Å². The van der Waals surface area contributed by atoms with Crippen LogP contribution in [0.2, 0.25) is 0 Å². The number of likely N-dealkylation sites (N-methyl/N-ethyl adjacent to an activating group) is 2. The Morgan fingerprint density at radius 1 is 1.17 bits per heavy atom. The van der Waals surface area contributed by atoms with Crippen LogP contribution in [-0.4, -0.2) is 101 Å². The van der Waals surface area contributed by atoms with Crippen molar-refractivity contribution in [3.05, 3.63) is 28.7 Å². The van der Waals surface area contributed by atoms with E-state index < -0.39 is 0 Å². The molecular formula is C21H34N6O2. The Bertz CT molecular complexity index is 878. The summed E-state index contributed by atoms with van der Waals surface area (Å²) in [6.07, 6.45) is 0. The molecule has 0 radical (unpaired) electrons. The lowest BCUT2D eigenvalue weighted by molar-refractivity contribution is 0.0780. The van der Waals surface area contributed by atoms with Gasteiger partial charge in [-0.05, 0) is 53.9 Å². The van der Waals surface area contributed by atoms with Crippen LogP contribution < -0.4 is 0 Å². The molecule has 0 aromatic carbocycles. The van der Waals surface area contributed by atoms with Crippen LogP contribution in [0.25, 0.3) is 5.65 Å². The molecule has 1 amide bonds. The minimum Gasteiger partial charge on any atom is -0.396 e. The van der Waals surface area contributed by atoms with E-state index >= 15 is 0 Å². The molecule has 0 spiro atoms. The van der Waals surface area contributed by atoms with Crippen LogP contribution in [-0.2, 0) is 0 Å². The topological polar surface area (TPSA) is 77.2 Å². The molecular weight excluding hydrogens is 368 g/mol. The van der Waals surface area contributed by atoms with Crippen molar-refractivity contribution in [2.75, 3.05) is 60.5 Å². The van der Waals surface area contributed by atoms with Gasteiger partial charge in [-0.25, -0.2) is 9.50 Å². The van der Waals surface area contributed by atoms with Crippen LogP contribution in [0.1, 0.15) is 27.4 Å². The van der Waals surface area contributed by atoms with E-state index in [1.165, 1.54) is 0 Å². The SMILES string of the molecule is Cc1cc(C)n2nc(C)c(C(=O)N3C[C@@H](CN(C)CCN(C)C)[C@@H](CO)C3)c2n1. The van der Waals surface area contributed by atoms with Crippen LogP contribution >= 0.6 is 0 Å². The van der Waals surface area contributed by atoms with Crippen molar-refractivity contribution in [2.24, 2.45) is 11.8 Å². The number of carbonyl (C=O) groups excluding carboxylic acids is 1. The fourth-order valence-corrected chi connectivity index (χ4v) is 4.22. The smallest absolute Gasteiger partial charge is 0.259 e. The Morgan fingerprint density at radius 3 is 2.52 bits per heavy atom. The van der Waals surface area contributed by atoms with Gasteiger partial charge in [-0.3, -0.25) is 4.79 Å². The van der Waals surface area contributed by atoms with Gasteiger partial charge in [0, 0.05) is 56.6 Å². The number of aliphatic hydroxyl groups excluding tert-OH is 1. The Labute approximate surface area is 173 Å². The number of likely N-dealkylation sites (tertiary alicyclic amines) is 1. The van der Waals surface area contributed by atoms with Crippen molar-refractivity contribution >= 4 is 11.6 Å². The highest BCUT2D eigenvalue weighted by Crippen LogP contribution is 2.27. The third-order valence-electron chi connectivity index (χ3n) is 5.86. The van der Waals surface area contributed by atoms with E-state index in [-0.39, 0.29) is 24.3 Å². The van der Waals surface area contributed by atoms with Gasteiger partial charge in [0.1, 0.15) is 5.56 Å². The highest BCUT2D eigenvalue weighted by Gasteiger charge is 2.37. The predicted octanol–water partition coefficient (Wildman–Crippen LogP) is 0.828. The van der Waals surface area contributed by atoms with Crippen molar-refractivity contribution in [3.63, 3.8) is 0 Å². The van der Waals surface area contributed by atoms with Gasteiger partial charge in [-0.2, -0.15) is 5.10 Å². The number of hydrogen-bond acceptors (Lipinski definition) is 6. The van der Waals surface area contributed by atoms with E-state index in [1.54, 1.807) is 4.52 Å². The first-order valence-corrected chi connectivity index (χ1v) is 10.3. The fourth-order valence-electron chi connectivity index (χ4n) is 4.22. The van der Waals surface area contributed by atoms with Crippen molar-refractivity contribution in [1.82, 2.24) is 29.3 Å². The van der Waals surface area contributed by atoms with Gasteiger partial charge in [-0.15, -0.1) is 0 Å². The highest BCUT2D eigenvalue weighted by atomic mass is 16.3. The quantitative estimate of drug-likeness (QED) is 0.739. The monoisotopic (exact) mass is 402 g/mol. The first-order chi connectivity index (χ1) is 13.7. The second-order valence-electron chi connectivity index (χ2n) is 8.71. The van der Waals surface area contributed by atoms with Crippen molar-refractivity contribution in [2.45, 2.75) is 20.8 Å². The molecule has 0 unspecified atom stereocenters. The number of rotatable bonds is 7. The van der Waals surface area contributed by atoms with Crippen LogP contribution in [0.15, 0.2) is 6.07 Å². The minimum absolute atomic E-state index is 0.0353. The number of hydrogen-bond donors (Lipinski definition) is 1. The summed E-state index contributed by atoms with van der Waals surface area (Å²) >= 11 is 0. The van der Waals surface area contributed by atoms with E-state index in [4.69, 9.17) is 0 Å². The maximum atomic E-state index is 13.4. The molecule has 1 fully saturated rings. The normalized spacial score (nSPS) is 19.8. The van der Waals surface area contributed by atoms with Gasteiger partial charge in [0.15, 0.2) is 5.65 Å². The third kappa shape index (κ3) is 4.60. The molecule has 2 aromatic heterocycles. The molecule has 3 heterocycles. The lowest BCUT2D eigenvalue weighted by Crippen LogP contribution is -2.35. The van der Waals surface area contributed by atoms with Crippen LogP contribution in [0.4, 0.5) is 0 Å². The second kappa shape index (κ2) is 8.77. The van der Waals surface area contributed by atoms with Gasteiger partial charge in [-0.1, -0.05) is 0 Å². The largest absolute Gasteiger partial charge is 0.396 e. The summed E-state index contributed by atoms with van der Waals surface area (Å²) in [4.78, 5) is 24.3. The molecule has 0 bridgehead atoms. The van der Waals surface area contributed by atoms with E-state index in [0.717, 1.165) is 31.0 Å². The summed E-state index contributed by atoms with van der Waals surface area (Å²) < 4.78 is 1.75. The standard InChI is InChI=1S/C21H34N6O2/c1-14-9-15(2)27-20(22-14)19(16(3)23-27)21(29)26-11-17(18(12-26)13-28)10-25(6)8-7-24(4)5/h9,17-18,28H,7-8,10-13H2,1-6H3/t17-,18-/m1/s1. The number of aromatic nitrogens is 3. The third-order valence-corrected chi connectivity index (χ3v) is 5.86. The molecule has 2 atom stereocenters. The van der Waals surface area contributed by atoms with E-state index in [9.17, 15) is 9.90 Å². The number of carbonyl (C=O) groups is 1. The maximum Gasteiger partial charge on any atom is 0.259 e. The van der Waals surface area contributed by atoms with E-state index in [1.807, 2.05) is 31.7 Å². The summed E-state index contributed by atoms with van der Waals surface area (Å²) in [5.41, 5.74) is 3.74. The highest BCUT2D eigenvalue weighted by molar-refractivity contribution is 6.01. The van der Waals surface area contributed by atoms with Gasteiger partial charge in [0.05, 0.1) is 5.69 Å². The molecule has 1 aliphatic heterocycles. The van der Waals surface area contributed by atoms with Crippen LogP contribution in [0.3, 0.4) is 0 Å². The van der Waals surface area contributed by atoms with Gasteiger partial charge in [0.2, 0.25) is 0 Å². The molecule has 1 aliphatic rings. The molecule has 1 N–H and O–H groups in total. The molecule has 3 rings (SSSR count). The number of fused-ring (bicyclic) bond motifs is 1. The van der Waals surface area contributed by atoms with Crippen molar-refractivity contribution in [1.29, 1.82) is 0 Å². The summed E-state index contributed by atoms with van der Waals surface area (Å²) in [6.45, 7) is 9.91. The Hall–Kier alpha value is -2.03. The zero-order chi connectivity index (χ0) is 21.3. The Morgan fingerprint density at radius 2 is 1.86 bits per heavy atom. The van der Waals surface area contributed by atoms with Gasteiger partial charge < -0.3 is 19.8 Å². The number of amides is 1. The van der Waals surface area contributed by atoms with E-state index in [2.05, 4.69) is 41.0 Å². The predicted molar refractivity (Wildman–Crippen MR) is 113 cm³/mol. The lowest BCUT2D eigenvalue weighted by Gasteiger charge is -2.25. The molecule has 0 saturated carbocycles. The van der Waals surface area contributed by atoms with Crippen molar-refractivity contribution in [3.8, 4) is 0 Å². The van der Waals surface area contributed by atoms with Gasteiger partial charge >= 0.3 is 0 Å². The molecule has 8 heteroatoms. The van der Waals surface area contributed by atoms with Gasteiger partial charge in [0.25, 0.3) is 5.91 Å². The second-order valence-corrected chi connectivity index (χ2v) is 8.71. The van der Waals surface area contributed by atoms with E-state index in [0.29, 0.717) is 30.0 Å². The number of aliphatic hydroxyl groups is 1. The number of nitrogens with zero attached hydrogens (tertiary/aromatic N) is 6. The lowest BCUT2D eigenvalue weighted by atomic mass is 9.96. The molecule has 0 aliphatic carbocycles. The summed E-state index contributed by atoms with van der Waals surface area (Å²) in [5.74, 6) is 0.320. The Balaban J connectivity index is 1.78. The van der Waals surface area contributed by atoms with Crippen LogP contribution in [0, 0.1) is 32.6 Å². The summed E-state index contributed by atoms with van der Waals surface area (Å²) in [7, 11) is 6.24. The number of aryl methyl sites for hydroxylation is 3. The first-order valence-electron chi connectivity index (χ1n) is 10.3. The average molecular weight is 403 g/mol. The first kappa shape index (κ1) is 21.7. The zero-order valence-corrected chi connectivity index (χ0v) is 18.5. The van der Waals surface area contributed by atoms with Crippen LogP contribution in [0.5, 0.6) is 0 Å². The molecule has 2 aromatic rings. The molecule has 8 nitrogen and oxygen atoms in total. The minimum atomic E-state index is -0.0353. The zero-order valence-electron chi connectivity index (χ0n) is 18.5. The Kier molecular flexibility index (Phi) is 6.55.